The zero-order chi connectivity index (χ0) is 10.6. The number of ether oxygens (including phenoxy) is 1. The minimum Gasteiger partial charge on any atom is -0.444 e. The summed E-state index contributed by atoms with van der Waals surface area (Å²) >= 11 is 0. The molecule has 0 aliphatic heterocycles. The van der Waals surface area contributed by atoms with Gasteiger partial charge in [-0.3, -0.25) is 4.57 Å². The normalized spacial score (nSPS) is 13.5. The van der Waals surface area contributed by atoms with Crippen LogP contribution in [0.4, 0.5) is 0 Å². The fraction of sp³-hybridized carbons (Fsp3) is 0.500. The highest BCUT2D eigenvalue weighted by atomic mass is 31.2. The van der Waals surface area contributed by atoms with Gasteiger partial charge in [-0.2, -0.15) is 0 Å². The van der Waals surface area contributed by atoms with E-state index < -0.39 is 26.0 Å². The van der Waals surface area contributed by atoms with Crippen LogP contribution in [0.25, 0.3) is 0 Å². The molecular weight excluding hydrogens is 199 g/mol. The zero-order valence-corrected chi connectivity index (χ0v) is 7.90. The molecule has 3 N–H and O–H groups in total. The third-order valence-corrected chi connectivity index (χ3v) is 2.14. The maximum atomic E-state index is 10.8. The average Bonchev–Trinajstić information content (AvgIpc) is 1.96. The predicted molar refractivity (Wildman–Crippen MR) is 43.8 cm³/mol. The van der Waals surface area contributed by atoms with E-state index in [1.165, 1.54) is 6.92 Å². The highest BCUT2D eigenvalue weighted by Crippen LogP contribution is 2.41. The first-order chi connectivity index (χ1) is 5.79. The standard InChI is InChI=1S/C6H11O6P/c1-4(2)6(8)12-5(3-7)13(9,10)11/h5,7H,1,3H2,2H3,(H2,9,10,11). The summed E-state index contributed by atoms with van der Waals surface area (Å²) < 4.78 is 14.8. The molecule has 13 heavy (non-hydrogen) atoms. The second kappa shape index (κ2) is 4.53. The van der Waals surface area contributed by atoms with Crippen molar-refractivity contribution in [2.75, 3.05) is 6.61 Å². The third-order valence-electron chi connectivity index (χ3n) is 1.12. The van der Waals surface area contributed by atoms with Gasteiger partial charge in [0.1, 0.15) is 0 Å². The molecule has 0 aromatic heterocycles. The second-order valence-electron chi connectivity index (χ2n) is 2.41. The lowest BCUT2D eigenvalue weighted by Crippen LogP contribution is -2.22. The van der Waals surface area contributed by atoms with E-state index in [4.69, 9.17) is 14.9 Å². The zero-order valence-electron chi connectivity index (χ0n) is 7.01. The summed E-state index contributed by atoms with van der Waals surface area (Å²) in [5.74, 6) is -2.75. The molecule has 0 radical (unpaired) electrons. The van der Waals surface area contributed by atoms with Gasteiger partial charge in [0.25, 0.3) is 0 Å². The molecule has 7 heteroatoms. The van der Waals surface area contributed by atoms with E-state index in [0.717, 1.165) is 0 Å². The summed E-state index contributed by atoms with van der Waals surface area (Å²) in [6, 6.07) is 0. The molecule has 1 atom stereocenters. The number of aliphatic hydroxyl groups is 1. The van der Waals surface area contributed by atoms with Crippen LogP contribution in [0.1, 0.15) is 6.92 Å². The lowest BCUT2D eigenvalue weighted by molar-refractivity contribution is -0.142. The molecule has 0 saturated heterocycles. The number of carbonyl (C=O) groups excluding carboxylic acids is 1. The number of esters is 1. The minimum atomic E-state index is -4.60. The first-order valence-corrected chi connectivity index (χ1v) is 4.99. The SMILES string of the molecule is C=C(C)C(=O)OC(CO)P(=O)(O)O. The summed E-state index contributed by atoms with van der Waals surface area (Å²) in [4.78, 5) is 27.9. The van der Waals surface area contributed by atoms with Gasteiger partial charge in [0.15, 0.2) is 0 Å². The molecule has 0 spiro atoms. The molecule has 0 heterocycles. The Morgan fingerprint density at radius 2 is 2.08 bits per heavy atom. The number of hydrogen-bond donors (Lipinski definition) is 3. The van der Waals surface area contributed by atoms with Crippen LogP contribution in [-0.4, -0.2) is 33.3 Å². The predicted octanol–water partition coefficient (Wildman–Crippen LogP) is -0.398. The van der Waals surface area contributed by atoms with E-state index in [9.17, 15) is 9.36 Å². The van der Waals surface area contributed by atoms with Crippen molar-refractivity contribution < 1.29 is 29.0 Å². The van der Waals surface area contributed by atoms with Crippen LogP contribution in [0, 0.1) is 0 Å². The van der Waals surface area contributed by atoms with Crippen LogP contribution in [0.15, 0.2) is 12.2 Å². The molecule has 0 bridgehead atoms. The third kappa shape index (κ3) is 4.19. The molecule has 6 nitrogen and oxygen atoms in total. The summed E-state index contributed by atoms with van der Waals surface area (Å²) in [6.45, 7) is 3.62. The molecule has 1 unspecified atom stereocenters. The number of carbonyl (C=O) groups is 1. The molecule has 0 aliphatic carbocycles. The largest absolute Gasteiger partial charge is 0.444 e. The Labute approximate surface area is 75.0 Å². The van der Waals surface area contributed by atoms with E-state index >= 15 is 0 Å². The van der Waals surface area contributed by atoms with Crippen molar-refractivity contribution in [1.29, 1.82) is 0 Å². The van der Waals surface area contributed by atoms with Crippen LogP contribution in [0.5, 0.6) is 0 Å². The van der Waals surface area contributed by atoms with Gasteiger partial charge in [-0.05, 0) is 6.92 Å². The molecule has 0 fully saturated rings. The Balaban J connectivity index is 4.40. The van der Waals surface area contributed by atoms with E-state index in [1.54, 1.807) is 0 Å². The first-order valence-electron chi connectivity index (χ1n) is 3.31. The highest BCUT2D eigenvalue weighted by Gasteiger charge is 2.31. The number of aliphatic hydroxyl groups excluding tert-OH is 1. The van der Waals surface area contributed by atoms with Gasteiger partial charge < -0.3 is 19.6 Å². The van der Waals surface area contributed by atoms with E-state index in [0.29, 0.717) is 0 Å². The van der Waals surface area contributed by atoms with E-state index in [-0.39, 0.29) is 5.57 Å². The topological polar surface area (TPSA) is 104 Å². The van der Waals surface area contributed by atoms with E-state index in [1.807, 2.05) is 0 Å². The van der Waals surface area contributed by atoms with Crippen LogP contribution in [0.3, 0.4) is 0 Å². The smallest absolute Gasteiger partial charge is 0.368 e. The van der Waals surface area contributed by atoms with Crippen molar-refractivity contribution >= 4 is 13.6 Å². The number of hydrogen-bond acceptors (Lipinski definition) is 4. The Morgan fingerprint density at radius 1 is 1.62 bits per heavy atom. The van der Waals surface area contributed by atoms with Crippen molar-refractivity contribution in [2.24, 2.45) is 0 Å². The maximum Gasteiger partial charge on any atom is 0.368 e. The van der Waals surface area contributed by atoms with Crippen molar-refractivity contribution in [3.8, 4) is 0 Å². The van der Waals surface area contributed by atoms with Gasteiger partial charge in [0.05, 0.1) is 6.61 Å². The molecule has 0 aliphatic rings. The number of rotatable bonds is 4. The van der Waals surface area contributed by atoms with Crippen molar-refractivity contribution in [1.82, 2.24) is 0 Å². The van der Waals surface area contributed by atoms with Gasteiger partial charge in [-0.25, -0.2) is 4.79 Å². The summed E-state index contributed by atoms with van der Waals surface area (Å²) in [6.07, 6.45) is 0. The molecule has 0 saturated carbocycles. The quantitative estimate of drug-likeness (QED) is 0.331. The van der Waals surface area contributed by atoms with Gasteiger partial charge in [0, 0.05) is 5.57 Å². The molecule has 76 valence electrons. The Hall–Kier alpha value is -0.680. The minimum absolute atomic E-state index is 0.00639. The lowest BCUT2D eigenvalue weighted by Gasteiger charge is -2.16. The Bertz CT molecular complexity index is 254. The average molecular weight is 210 g/mol. The fourth-order valence-electron chi connectivity index (χ4n) is 0.436. The molecule has 0 aromatic carbocycles. The van der Waals surface area contributed by atoms with Gasteiger partial charge in [-0.15, -0.1) is 0 Å². The highest BCUT2D eigenvalue weighted by molar-refractivity contribution is 7.52. The monoisotopic (exact) mass is 210 g/mol. The van der Waals surface area contributed by atoms with Crippen molar-refractivity contribution in [2.45, 2.75) is 12.8 Å². The fourth-order valence-corrected chi connectivity index (χ4v) is 0.882. The van der Waals surface area contributed by atoms with Crippen LogP contribution in [0.2, 0.25) is 0 Å². The maximum absolute atomic E-state index is 10.8. The van der Waals surface area contributed by atoms with E-state index in [2.05, 4.69) is 11.3 Å². The Kier molecular flexibility index (Phi) is 4.29. The van der Waals surface area contributed by atoms with Gasteiger partial charge in [0.2, 0.25) is 5.85 Å². The summed E-state index contributed by atoms with van der Waals surface area (Å²) in [7, 11) is -4.60. The van der Waals surface area contributed by atoms with Gasteiger partial charge >= 0.3 is 13.6 Å². The molecule has 0 aromatic rings. The molecule has 0 rings (SSSR count). The Morgan fingerprint density at radius 3 is 2.31 bits per heavy atom. The summed E-state index contributed by atoms with van der Waals surface area (Å²) in [5.41, 5.74) is 0.00639. The molecular formula is C6H11O6P. The van der Waals surface area contributed by atoms with Crippen molar-refractivity contribution in [3.63, 3.8) is 0 Å². The first kappa shape index (κ1) is 12.3. The van der Waals surface area contributed by atoms with Crippen LogP contribution in [-0.2, 0) is 14.1 Å². The van der Waals surface area contributed by atoms with Gasteiger partial charge in [-0.1, -0.05) is 6.58 Å². The second-order valence-corrected chi connectivity index (χ2v) is 4.17. The van der Waals surface area contributed by atoms with Crippen LogP contribution >= 0.6 is 7.60 Å². The summed E-state index contributed by atoms with van der Waals surface area (Å²) in [5, 5.41) is 8.49. The van der Waals surface area contributed by atoms with Crippen molar-refractivity contribution in [3.05, 3.63) is 12.2 Å². The lowest BCUT2D eigenvalue weighted by atomic mass is 10.4. The van der Waals surface area contributed by atoms with Crippen LogP contribution < -0.4 is 0 Å². The molecule has 0 amide bonds.